The van der Waals surface area contributed by atoms with Gasteiger partial charge in [0, 0.05) is 32.2 Å². The van der Waals surface area contributed by atoms with Crippen LogP contribution in [-0.2, 0) is 11.3 Å². The van der Waals surface area contributed by atoms with E-state index in [1.165, 1.54) is 0 Å². The normalized spacial score (nSPS) is 11.7. The Hall–Kier alpha value is -1.27. The summed E-state index contributed by atoms with van der Waals surface area (Å²) < 4.78 is 46.8. The van der Waals surface area contributed by atoms with E-state index in [9.17, 15) is 13.2 Å². The van der Waals surface area contributed by atoms with Gasteiger partial charge in [-0.25, -0.2) is 0 Å². The van der Waals surface area contributed by atoms with Crippen molar-refractivity contribution in [1.82, 2.24) is 5.32 Å². The number of para-hydroxylation sites is 1. The van der Waals surface area contributed by atoms with Crippen molar-refractivity contribution < 1.29 is 22.6 Å². The minimum Gasteiger partial charge on any atom is -0.493 e. The minimum atomic E-state index is -4.13. The highest BCUT2D eigenvalue weighted by Gasteiger charge is 2.26. The third-order valence-corrected chi connectivity index (χ3v) is 2.94. The summed E-state index contributed by atoms with van der Waals surface area (Å²) in [5.41, 5.74) is 1.87. The Morgan fingerprint density at radius 1 is 1.19 bits per heavy atom. The molecule has 120 valence electrons. The summed E-state index contributed by atoms with van der Waals surface area (Å²) in [5, 5.41) is 3.20. The van der Waals surface area contributed by atoms with E-state index in [1.54, 1.807) is 7.11 Å². The topological polar surface area (TPSA) is 30.5 Å². The Kier molecular flexibility index (Phi) is 7.53. The molecule has 1 aromatic carbocycles. The Balaban J connectivity index is 2.51. The van der Waals surface area contributed by atoms with Crippen molar-refractivity contribution in [2.75, 3.05) is 26.9 Å². The first-order valence-corrected chi connectivity index (χ1v) is 6.91. The van der Waals surface area contributed by atoms with Crippen molar-refractivity contribution in [3.63, 3.8) is 0 Å². The first kappa shape index (κ1) is 17.8. The van der Waals surface area contributed by atoms with Crippen molar-refractivity contribution in [3.05, 3.63) is 29.3 Å². The monoisotopic (exact) mass is 305 g/mol. The fourth-order valence-electron chi connectivity index (χ4n) is 1.90. The second-order valence-corrected chi connectivity index (χ2v) is 4.80. The van der Waals surface area contributed by atoms with Gasteiger partial charge in [0.1, 0.15) is 5.75 Å². The Labute approximate surface area is 123 Å². The molecule has 0 unspecified atom stereocenters. The van der Waals surface area contributed by atoms with E-state index < -0.39 is 12.6 Å². The van der Waals surface area contributed by atoms with Gasteiger partial charge in [-0.1, -0.05) is 18.2 Å². The lowest BCUT2D eigenvalue weighted by molar-refractivity contribution is -0.136. The summed E-state index contributed by atoms with van der Waals surface area (Å²) in [6, 6.07) is 5.70. The van der Waals surface area contributed by atoms with Gasteiger partial charge in [0.05, 0.1) is 13.2 Å². The van der Waals surface area contributed by atoms with Gasteiger partial charge in [0.2, 0.25) is 0 Å². The van der Waals surface area contributed by atoms with Crippen molar-refractivity contribution in [2.24, 2.45) is 0 Å². The molecule has 0 bridgehead atoms. The molecule has 0 aliphatic heterocycles. The van der Waals surface area contributed by atoms with Crippen LogP contribution in [0.2, 0.25) is 0 Å². The lowest BCUT2D eigenvalue weighted by Crippen LogP contribution is -2.19. The van der Waals surface area contributed by atoms with Gasteiger partial charge in [0.25, 0.3) is 0 Å². The molecule has 0 saturated heterocycles. The standard InChI is InChI=1S/C15H22F3NO2/c1-12-5-3-6-13(11-19-8-10-20-2)14(12)21-9-4-7-15(16,17)18/h3,5-6,19H,4,7-11H2,1-2H3. The van der Waals surface area contributed by atoms with Crippen LogP contribution in [0.1, 0.15) is 24.0 Å². The zero-order valence-corrected chi connectivity index (χ0v) is 12.4. The van der Waals surface area contributed by atoms with Gasteiger partial charge in [0.15, 0.2) is 0 Å². The predicted molar refractivity (Wildman–Crippen MR) is 75.5 cm³/mol. The van der Waals surface area contributed by atoms with Crippen LogP contribution in [0.25, 0.3) is 0 Å². The third kappa shape index (κ3) is 7.34. The van der Waals surface area contributed by atoms with Gasteiger partial charge < -0.3 is 14.8 Å². The molecular weight excluding hydrogens is 283 g/mol. The molecule has 0 spiro atoms. The van der Waals surface area contributed by atoms with Crippen molar-refractivity contribution in [3.8, 4) is 5.75 Å². The van der Waals surface area contributed by atoms with Crippen LogP contribution in [0.3, 0.4) is 0 Å². The van der Waals surface area contributed by atoms with Crippen LogP contribution in [0.5, 0.6) is 5.75 Å². The number of rotatable bonds is 9. The van der Waals surface area contributed by atoms with E-state index in [1.807, 2.05) is 25.1 Å². The predicted octanol–water partition coefficient (Wildman–Crippen LogP) is 3.45. The molecular formula is C15H22F3NO2. The molecule has 6 heteroatoms. The number of aryl methyl sites for hydroxylation is 1. The van der Waals surface area contributed by atoms with Crippen molar-refractivity contribution in [1.29, 1.82) is 0 Å². The summed E-state index contributed by atoms with van der Waals surface area (Å²) in [7, 11) is 1.63. The SMILES string of the molecule is COCCNCc1cccc(C)c1OCCCC(F)(F)F. The highest BCUT2D eigenvalue weighted by Crippen LogP contribution is 2.25. The van der Waals surface area contributed by atoms with E-state index in [-0.39, 0.29) is 13.0 Å². The Bertz CT molecular complexity index is 422. The van der Waals surface area contributed by atoms with Gasteiger partial charge in [-0.3, -0.25) is 0 Å². The van der Waals surface area contributed by atoms with E-state index in [0.717, 1.165) is 11.1 Å². The van der Waals surface area contributed by atoms with Crippen molar-refractivity contribution in [2.45, 2.75) is 32.5 Å². The van der Waals surface area contributed by atoms with E-state index >= 15 is 0 Å². The van der Waals surface area contributed by atoms with E-state index in [4.69, 9.17) is 9.47 Å². The summed E-state index contributed by atoms with van der Waals surface area (Å²) in [6.45, 7) is 3.86. The largest absolute Gasteiger partial charge is 0.493 e. The quantitative estimate of drug-likeness (QED) is 0.709. The number of halogens is 3. The highest BCUT2D eigenvalue weighted by atomic mass is 19.4. The molecule has 0 atom stereocenters. The van der Waals surface area contributed by atoms with Crippen molar-refractivity contribution >= 4 is 0 Å². The zero-order chi connectivity index (χ0) is 15.7. The summed E-state index contributed by atoms with van der Waals surface area (Å²) in [5.74, 6) is 0.671. The lowest BCUT2D eigenvalue weighted by Gasteiger charge is -2.15. The molecule has 21 heavy (non-hydrogen) atoms. The second-order valence-electron chi connectivity index (χ2n) is 4.80. The van der Waals surface area contributed by atoms with Gasteiger partial charge in [-0.15, -0.1) is 0 Å². The van der Waals surface area contributed by atoms with E-state index in [0.29, 0.717) is 25.4 Å². The van der Waals surface area contributed by atoms with Gasteiger partial charge in [-0.05, 0) is 18.9 Å². The van der Waals surface area contributed by atoms with Crippen LogP contribution >= 0.6 is 0 Å². The number of ether oxygens (including phenoxy) is 2. The Morgan fingerprint density at radius 2 is 1.95 bits per heavy atom. The molecule has 0 aromatic heterocycles. The fourth-order valence-corrected chi connectivity index (χ4v) is 1.90. The van der Waals surface area contributed by atoms with Gasteiger partial charge >= 0.3 is 6.18 Å². The molecule has 0 saturated carbocycles. The maximum Gasteiger partial charge on any atom is 0.389 e. The molecule has 0 aliphatic rings. The molecule has 0 heterocycles. The molecule has 1 N–H and O–H groups in total. The average Bonchev–Trinajstić information content (AvgIpc) is 2.40. The highest BCUT2D eigenvalue weighted by molar-refractivity contribution is 5.40. The van der Waals surface area contributed by atoms with Crippen LogP contribution in [0.4, 0.5) is 13.2 Å². The maximum atomic E-state index is 12.1. The number of hydrogen-bond acceptors (Lipinski definition) is 3. The Morgan fingerprint density at radius 3 is 2.62 bits per heavy atom. The maximum absolute atomic E-state index is 12.1. The molecule has 0 aliphatic carbocycles. The first-order valence-electron chi connectivity index (χ1n) is 6.91. The van der Waals surface area contributed by atoms with Crippen LogP contribution in [-0.4, -0.2) is 33.0 Å². The van der Waals surface area contributed by atoms with Crippen LogP contribution in [0.15, 0.2) is 18.2 Å². The smallest absolute Gasteiger partial charge is 0.389 e. The summed E-state index contributed by atoms with van der Waals surface area (Å²) in [6.07, 6.45) is -4.98. The third-order valence-electron chi connectivity index (χ3n) is 2.94. The van der Waals surface area contributed by atoms with Gasteiger partial charge in [-0.2, -0.15) is 13.2 Å². The molecule has 0 radical (unpaired) electrons. The molecule has 1 rings (SSSR count). The molecule has 3 nitrogen and oxygen atoms in total. The number of nitrogens with one attached hydrogen (secondary N) is 1. The second kappa shape index (κ2) is 8.89. The molecule has 0 fully saturated rings. The number of hydrogen-bond donors (Lipinski definition) is 1. The number of benzene rings is 1. The number of methoxy groups -OCH3 is 1. The fraction of sp³-hybridized carbons (Fsp3) is 0.600. The van der Waals surface area contributed by atoms with E-state index in [2.05, 4.69) is 5.32 Å². The minimum absolute atomic E-state index is 0.0334. The first-order chi connectivity index (χ1) is 9.94. The number of alkyl halides is 3. The molecule has 0 amide bonds. The lowest BCUT2D eigenvalue weighted by atomic mass is 10.1. The average molecular weight is 305 g/mol. The zero-order valence-electron chi connectivity index (χ0n) is 12.4. The summed E-state index contributed by atoms with van der Waals surface area (Å²) >= 11 is 0. The van der Waals surface area contributed by atoms with Crippen LogP contribution < -0.4 is 10.1 Å². The van der Waals surface area contributed by atoms with Crippen LogP contribution in [0, 0.1) is 6.92 Å². The molecule has 1 aromatic rings. The summed E-state index contributed by atoms with van der Waals surface area (Å²) in [4.78, 5) is 0.